The summed E-state index contributed by atoms with van der Waals surface area (Å²) >= 11 is 0. The van der Waals surface area contributed by atoms with Crippen LogP contribution in [0, 0.1) is 5.41 Å². The first-order valence-corrected chi connectivity index (χ1v) is 6.08. The van der Waals surface area contributed by atoms with Crippen LogP contribution < -0.4 is 5.32 Å². The van der Waals surface area contributed by atoms with Crippen molar-refractivity contribution in [3.05, 3.63) is 0 Å². The van der Waals surface area contributed by atoms with Crippen molar-refractivity contribution in [1.29, 1.82) is 0 Å². The van der Waals surface area contributed by atoms with Crippen LogP contribution in [0.1, 0.15) is 45.4 Å². The highest BCUT2D eigenvalue weighted by Crippen LogP contribution is 2.43. The lowest BCUT2D eigenvalue weighted by Gasteiger charge is -2.42. The van der Waals surface area contributed by atoms with Gasteiger partial charge in [-0.25, -0.2) is 0 Å². The van der Waals surface area contributed by atoms with Gasteiger partial charge in [0.25, 0.3) is 0 Å². The molecular weight excluding hydrogens is 190 g/mol. The number of hydrogen-bond acceptors (Lipinski definition) is 3. The highest BCUT2D eigenvalue weighted by molar-refractivity contribution is 5.66. The highest BCUT2D eigenvalue weighted by Gasteiger charge is 2.36. The van der Waals surface area contributed by atoms with Crippen molar-refractivity contribution >= 4 is 5.97 Å². The minimum atomic E-state index is -0.124. The fraction of sp³-hybridized carbons (Fsp3) is 0.917. The maximum Gasteiger partial charge on any atom is 0.302 e. The van der Waals surface area contributed by atoms with Gasteiger partial charge in [-0.1, -0.05) is 0 Å². The van der Waals surface area contributed by atoms with E-state index in [4.69, 9.17) is 4.74 Å². The topological polar surface area (TPSA) is 38.3 Å². The Hall–Kier alpha value is -0.570. The molecule has 0 aromatic carbocycles. The number of hydrogen-bond donors (Lipinski definition) is 1. The van der Waals surface area contributed by atoms with Gasteiger partial charge in [-0.15, -0.1) is 0 Å². The van der Waals surface area contributed by atoms with Crippen LogP contribution in [0.15, 0.2) is 0 Å². The second-order valence-corrected chi connectivity index (χ2v) is 5.06. The SMILES string of the molecule is CC(=O)OC1CCC2(CCNCC2)CC1. The smallest absolute Gasteiger partial charge is 0.302 e. The normalized spacial score (nSPS) is 26.5. The van der Waals surface area contributed by atoms with E-state index in [0.717, 1.165) is 25.9 Å². The molecule has 0 atom stereocenters. The molecule has 3 heteroatoms. The van der Waals surface area contributed by atoms with Crippen LogP contribution in [-0.4, -0.2) is 25.2 Å². The van der Waals surface area contributed by atoms with E-state index in [1.165, 1.54) is 32.6 Å². The maximum atomic E-state index is 10.8. The quantitative estimate of drug-likeness (QED) is 0.673. The molecule has 1 saturated carbocycles. The van der Waals surface area contributed by atoms with Crippen LogP contribution in [0.25, 0.3) is 0 Å². The molecule has 2 rings (SSSR count). The number of esters is 1. The molecule has 15 heavy (non-hydrogen) atoms. The molecule has 0 amide bonds. The molecular formula is C12H21NO2. The van der Waals surface area contributed by atoms with Crippen molar-refractivity contribution < 1.29 is 9.53 Å². The Kier molecular flexibility index (Phi) is 3.29. The van der Waals surface area contributed by atoms with Crippen molar-refractivity contribution in [3.8, 4) is 0 Å². The Bertz CT molecular complexity index is 224. The number of piperidine rings is 1. The van der Waals surface area contributed by atoms with Crippen molar-refractivity contribution in [2.24, 2.45) is 5.41 Å². The minimum absolute atomic E-state index is 0.124. The molecule has 0 radical (unpaired) electrons. The molecule has 3 nitrogen and oxygen atoms in total. The summed E-state index contributed by atoms with van der Waals surface area (Å²) in [6.45, 7) is 3.84. The van der Waals surface area contributed by atoms with Crippen molar-refractivity contribution in [1.82, 2.24) is 5.32 Å². The summed E-state index contributed by atoms with van der Waals surface area (Å²) < 4.78 is 5.27. The fourth-order valence-corrected chi connectivity index (χ4v) is 3.01. The molecule has 1 aliphatic carbocycles. The molecule has 1 heterocycles. The lowest BCUT2D eigenvalue weighted by molar-refractivity contribution is -0.149. The van der Waals surface area contributed by atoms with Gasteiger partial charge >= 0.3 is 5.97 Å². The molecule has 1 saturated heterocycles. The molecule has 0 aromatic rings. The van der Waals surface area contributed by atoms with Crippen LogP contribution in [0.2, 0.25) is 0 Å². The number of rotatable bonds is 1. The maximum absolute atomic E-state index is 10.8. The summed E-state index contributed by atoms with van der Waals surface area (Å²) in [6, 6.07) is 0. The van der Waals surface area contributed by atoms with E-state index in [2.05, 4.69) is 5.32 Å². The average Bonchev–Trinajstić information content (AvgIpc) is 2.23. The summed E-state index contributed by atoms with van der Waals surface area (Å²) in [6.07, 6.45) is 7.43. The van der Waals surface area contributed by atoms with Gasteiger partial charge in [0.15, 0.2) is 0 Å². The third kappa shape index (κ3) is 2.71. The Balaban J connectivity index is 1.82. The Morgan fingerprint density at radius 2 is 1.80 bits per heavy atom. The molecule has 1 spiro atoms. The van der Waals surface area contributed by atoms with E-state index < -0.39 is 0 Å². The zero-order chi connectivity index (χ0) is 10.7. The first kappa shape index (κ1) is 10.9. The summed E-state index contributed by atoms with van der Waals surface area (Å²) in [5.41, 5.74) is 0.571. The second kappa shape index (κ2) is 4.52. The van der Waals surface area contributed by atoms with Gasteiger partial charge < -0.3 is 10.1 Å². The fourth-order valence-electron chi connectivity index (χ4n) is 3.01. The van der Waals surface area contributed by atoms with Crippen LogP contribution in [0.3, 0.4) is 0 Å². The van der Waals surface area contributed by atoms with Gasteiger partial charge in [0.05, 0.1) is 0 Å². The highest BCUT2D eigenvalue weighted by atomic mass is 16.5. The van der Waals surface area contributed by atoms with Crippen molar-refractivity contribution in [2.45, 2.75) is 51.6 Å². The van der Waals surface area contributed by atoms with E-state index in [9.17, 15) is 4.79 Å². The van der Waals surface area contributed by atoms with E-state index in [1.807, 2.05) is 0 Å². The predicted octanol–water partition coefficient (Wildman–Crippen LogP) is 1.86. The molecule has 86 valence electrons. The Labute approximate surface area is 91.6 Å². The standard InChI is InChI=1S/C12H21NO2/c1-10(14)15-11-2-4-12(5-3-11)6-8-13-9-7-12/h11,13H,2-9H2,1H3. The first-order valence-electron chi connectivity index (χ1n) is 6.08. The number of nitrogens with one attached hydrogen (secondary N) is 1. The van der Waals surface area contributed by atoms with E-state index >= 15 is 0 Å². The van der Waals surface area contributed by atoms with E-state index in [0.29, 0.717) is 5.41 Å². The number of ether oxygens (including phenoxy) is 1. The van der Waals surface area contributed by atoms with Gasteiger partial charge in [0, 0.05) is 6.92 Å². The van der Waals surface area contributed by atoms with Gasteiger partial charge in [-0.05, 0) is 57.0 Å². The third-order valence-electron chi connectivity index (χ3n) is 3.99. The van der Waals surface area contributed by atoms with Gasteiger partial charge in [-0.2, -0.15) is 0 Å². The van der Waals surface area contributed by atoms with Crippen LogP contribution in [0.5, 0.6) is 0 Å². The zero-order valence-electron chi connectivity index (χ0n) is 9.55. The molecule has 0 aromatic heterocycles. The van der Waals surface area contributed by atoms with Gasteiger partial charge in [-0.3, -0.25) is 4.79 Å². The summed E-state index contributed by atoms with van der Waals surface area (Å²) in [4.78, 5) is 10.8. The molecule has 0 bridgehead atoms. The van der Waals surface area contributed by atoms with Crippen LogP contribution in [0.4, 0.5) is 0 Å². The van der Waals surface area contributed by atoms with Crippen molar-refractivity contribution in [2.75, 3.05) is 13.1 Å². The predicted molar refractivity (Wildman–Crippen MR) is 58.6 cm³/mol. The van der Waals surface area contributed by atoms with E-state index in [1.54, 1.807) is 0 Å². The third-order valence-corrected chi connectivity index (χ3v) is 3.99. The zero-order valence-corrected chi connectivity index (χ0v) is 9.55. The van der Waals surface area contributed by atoms with Crippen LogP contribution >= 0.6 is 0 Å². The van der Waals surface area contributed by atoms with Gasteiger partial charge in [0.1, 0.15) is 6.10 Å². The largest absolute Gasteiger partial charge is 0.463 e. The van der Waals surface area contributed by atoms with Gasteiger partial charge in [0.2, 0.25) is 0 Å². The number of carbonyl (C=O) groups excluding carboxylic acids is 1. The Morgan fingerprint density at radius 3 is 2.33 bits per heavy atom. The Morgan fingerprint density at radius 1 is 1.20 bits per heavy atom. The lowest BCUT2D eigenvalue weighted by Crippen LogP contribution is -2.40. The molecule has 1 N–H and O–H groups in total. The minimum Gasteiger partial charge on any atom is -0.463 e. The number of carbonyl (C=O) groups is 1. The molecule has 2 fully saturated rings. The molecule has 1 aliphatic heterocycles. The first-order chi connectivity index (χ1) is 7.20. The summed E-state index contributed by atoms with van der Waals surface area (Å²) in [7, 11) is 0. The summed E-state index contributed by atoms with van der Waals surface area (Å²) in [5.74, 6) is -0.124. The van der Waals surface area contributed by atoms with Crippen molar-refractivity contribution in [3.63, 3.8) is 0 Å². The molecule has 0 unspecified atom stereocenters. The summed E-state index contributed by atoms with van der Waals surface area (Å²) in [5, 5.41) is 3.41. The van der Waals surface area contributed by atoms with Crippen LogP contribution in [-0.2, 0) is 9.53 Å². The molecule has 2 aliphatic rings. The lowest BCUT2D eigenvalue weighted by atomic mass is 9.68. The van der Waals surface area contributed by atoms with E-state index in [-0.39, 0.29) is 12.1 Å². The average molecular weight is 211 g/mol. The monoisotopic (exact) mass is 211 g/mol. The second-order valence-electron chi connectivity index (χ2n) is 5.06.